The highest BCUT2D eigenvalue weighted by atomic mass is 16.4. The Bertz CT molecular complexity index is 464. The minimum Gasteiger partial charge on any atom is -0.466 e. The van der Waals surface area contributed by atoms with E-state index in [1.54, 1.807) is 6.26 Å². The van der Waals surface area contributed by atoms with Crippen LogP contribution >= 0.6 is 0 Å². The molecule has 18 heavy (non-hydrogen) atoms. The van der Waals surface area contributed by atoms with Crippen molar-refractivity contribution in [1.29, 1.82) is 0 Å². The Balaban J connectivity index is 2.07. The van der Waals surface area contributed by atoms with Crippen LogP contribution in [0.5, 0.6) is 0 Å². The summed E-state index contributed by atoms with van der Waals surface area (Å²) in [5, 5.41) is 20.7. The van der Waals surface area contributed by atoms with Crippen molar-refractivity contribution in [2.75, 3.05) is 0 Å². The SMILES string of the molecule is Cc1coc2c1C[C@@]1(C)[C@H](CC[C@H](O)[C@@H]1C)[C@H]2O. The van der Waals surface area contributed by atoms with Crippen LogP contribution in [-0.4, -0.2) is 16.3 Å². The van der Waals surface area contributed by atoms with Gasteiger partial charge in [0.15, 0.2) is 0 Å². The lowest BCUT2D eigenvalue weighted by Gasteiger charge is -2.52. The number of furan rings is 1. The van der Waals surface area contributed by atoms with Gasteiger partial charge in [-0.1, -0.05) is 13.8 Å². The average molecular weight is 250 g/mol. The molecule has 3 heteroatoms. The molecule has 0 aromatic carbocycles. The predicted octanol–water partition coefficient (Wildman–Crippen LogP) is 2.59. The fourth-order valence-corrected chi connectivity index (χ4v) is 4.04. The van der Waals surface area contributed by atoms with E-state index in [9.17, 15) is 10.2 Å². The van der Waals surface area contributed by atoms with Gasteiger partial charge in [0.25, 0.3) is 0 Å². The van der Waals surface area contributed by atoms with Crippen molar-refractivity contribution in [1.82, 2.24) is 0 Å². The molecule has 1 aromatic rings. The Morgan fingerprint density at radius 1 is 1.33 bits per heavy atom. The zero-order chi connectivity index (χ0) is 13.1. The largest absolute Gasteiger partial charge is 0.466 e. The number of aliphatic hydroxyl groups excluding tert-OH is 2. The molecule has 5 atom stereocenters. The summed E-state index contributed by atoms with van der Waals surface area (Å²) in [6.45, 7) is 6.36. The maximum atomic E-state index is 10.6. The zero-order valence-corrected chi connectivity index (χ0v) is 11.3. The molecule has 0 spiro atoms. The number of rotatable bonds is 0. The first kappa shape index (κ1) is 12.2. The molecule has 2 N–H and O–H groups in total. The summed E-state index contributed by atoms with van der Waals surface area (Å²) in [4.78, 5) is 0. The second-order valence-corrected chi connectivity index (χ2v) is 6.43. The Morgan fingerprint density at radius 2 is 2.06 bits per heavy atom. The maximum absolute atomic E-state index is 10.6. The standard InChI is InChI=1S/C15H22O3/c1-8-7-18-14-10(8)6-15(3)9(2)12(16)5-4-11(15)13(14)17/h7,9,11-13,16-17H,4-6H2,1-3H3/t9-,11+,12-,13+,15+/m0/s1. The Hall–Kier alpha value is -0.800. The van der Waals surface area contributed by atoms with Gasteiger partial charge in [-0.25, -0.2) is 0 Å². The summed E-state index contributed by atoms with van der Waals surface area (Å²) in [6.07, 6.45) is 3.56. The molecule has 100 valence electrons. The van der Waals surface area contributed by atoms with Crippen molar-refractivity contribution in [2.24, 2.45) is 17.3 Å². The van der Waals surface area contributed by atoms with Crippen LogP contribution in [0.15, 0.2) is 10.7 Å². The zero-order valence-electron chi connectivity index (χ0n) is 11.3. The van der Waals surface area contributed by atoms with Crippen LogP contribution in [0, 0.1) is 24.2 Å². The summed E-state index contributed by atoms with van der Waals surface area (Å²) in [5.41, 5.74) is 2.25. The minimum absolute atomic E-state index is 0.0291. The molecule has 0 unspecified atom stereocenters. The summed E-state index contributed by atoms with van der Waals surface area (Å²) < 4.78 is 5.54. The van der Waals surface area contributed by atoms with Crippen molar-refractivity contribution < 1.29 is 14.6 Å². The van der Waals surface area contributed by atoms with Gasteiger partial charge in [-0.05, 0) is 54.6 Å². The molecule has 3 rings (SSSR count). The van der Waals surface area contributed by atoms with E-state index in [1.165, 1.54) is 0 Å². The van der Waals surface area contributed by atoms with Gasteiger partial charge in [-0.3, -0.25) is 0 Å². The van der Waals surface area contributed by atoms with Crippen LogP contribution in [0.1, 0.15) is 49.7 Å². The van der Waals surface area contributed by atoms with Gasteiger partial charge in [-0.2, -0.15) is 0 Å². The Labute approximate surface area is 108 Å². The minimum atomic E-state index is -0.512. The van der Waals surface area contributed by atoms with Crippen LogP contribution in [0.25, 0.3) is 0 Å². The first-order valence-corrected chi connectivity index (χ1v) is 6.88. The monoisotopic (exact) mass is 250 g/mol. The van der Waals surface area contributed by atoms with Crippen LogP contribution in [0.4, 0.5) is 0 Å². The predicted molar refractivity (Wildman–Crippen MR) is 68.1 cm³/mol. The first-order valence-electron chi connectivity index (χ1n) is 6.88. The quantitative estimate of drug-likeness (QED) is 0.744. The van der Waals surface area contributed by atoms with E-state index >= 15 is 0 Å². The smallest absolute Gasteiger partial charge is 0.136 e. The highest BCUT2D eigenvalue weighted by molar-refractivity contribution is 5.34. The van der Waals surface area contributed by atoms with E-state index in [-0.39, 0.29) is 23.4 Å². The van der Waals surface area contributed by atoms with Gasteiger partial charge in [-0.15, -0.1) is 0 Å². The number of aryl methyl sites for hydroxylation is 1. The molecule has 0 radical (unpaired) electrons. The molecule has 1 aromatic heterocycles. The molecular weight excluding hydrogens is 228 g/mol. The lowest BCUT2D eigenvalue weighted by Crippen LogP contribution is -2.50. The lowest BCUT2D eigenvalue weighted by atomic mass is 9.54. The van der Waals surface area contributed by atoms with Crippen molar-refractivity contribution >= 4 is 0 Å². The van der Waals surface area contributed by atoms with Crippen LogP contribution in [-0.2, 0) is 6.42 Å². The van der Waals surface area contributed by atoms with Gasteiger partial charge >= 0.3 is 0 Å². The maximum Gasteiger partial charge on any atom is 0.136 e. The molecule has 0 amide bonds. The second-order valence-electron chi connectivity index (χ2n) is 6.43. The summed E-state index contributed by atoms with van der Waals surface area (Å²) in [5.74, 6) is 1.18. The van der Waals surface area contributed by atoms with E-state index in [0.717, 1.165) is 36.1 Å². The molecular formula is C15H22O3. The normalized spacial score (nSPS) is 43.4. The second kappa shape index (κ2) is 3.84. The van der Waals surface area contributed by atoms with Crippen LogP contribution in [0.2, 0.25) is 0 Å². The van der Waals surface area contributed by atoms with Gasteiger partial charge in [0.05, 0.1) is 12.4 Å². The first-order chi connectivity index (χ1) is 8.45. The highest BCUT2D eigenvalue weighted by Gasteiger charge is 2.53. The molecule has 3 nitrogen and oxygen atoms in total. The van der Waals surface area contributed by atoms with Gasteiger partial charge in [0.2, 0.25) is 0 Å². The molecule has 0 saturated heterocycles. The third kappa shape index (κ3) is 1.44. The van der Waals surface area contributed by atoms with Gasteiger partial charge < -0.3 is 14.6 Å². The molecule has 1 fully saturated rings. The summed E-state index contributed by atoms with van der Waals surface area (Å²) in [6, 6.07) is 0. The van der Waals surface area contributed by atoms with Crippen molar-refractivity contribution in [3.05, 3.63) is 23.2 Å². The Morgan fingerprint density at radius 3 is 2.78 bits per heavy atom. The van der Waals surface area contributed by atoms with E-state index in [4.69, 9.17) is 4.42 Å². The molecule has 0 bridgehead atoms. The van der Waals surface area contributed by atoms with E-state index < -0.39 is 6.10 Å². The lowest BCUT2D eigenvalue weighted by molar-refractivity contribution is -0.106. The van der Waals surface area contributed by atoms with Crippen LogP contribution < -0.4 is 0 Å². The molecule has 2 aliphatic rings. The fourth-order valence-electron chi connectivity index (χ4n) is 4.04. The summed E-state index contributed by atoms with van der Waals surface area (Å²) >= 11 is 0. The van der Waals surface area contributed by atoms with Crippen molar-refractivity contribution in [3.63, 3.8) is 0 Å². The highest BCUT2D eigenvalue weighted by Crippen LogP contribution is 2.56. The van der Waals surface area contributed by atoms with E-state index in [0.29, 0.717) is 0 Å². The molecule has 0 aliphatic heterocycles. The fraction of sp³-hybridized carbons (Fsp3) is 0.733. The van der Waals surface area contributed by atoms with Gasteiger partial charge in [0.1, 0.15) is 11.9 Å². The summed E-state index contributed by atoms with van der Waals surface area (Å²) in [7, 11) is 0. The van der Waals surface area contributed by atoms with E-state index in [2.05, 4.69) is 13.8 Å². The third-order valence-corrected chi connectivity index (χ3v) is 5.58. The van der Waals surface area contributed by atoms with Crippen LogP contribution in [0.3, 0.4) is 0 Å². The molecule has 1 saturated carbocycles. The van der Waals surface area contributed by atoms with Gasteiger partial charge in [0, 0.05) is 0 Å². The third-order valence-electron chi connectivity index (χ3n) is 5.58. The van der Waals surface area contributed by atoms with E-state index in [1.807, 2.05) is 6.92 Å². The van der Waals surface area contributed by atoms with Crippen molar-refractivity contribution in [2.45, 2.75) is 52.2 Å². The number of hydrogen-bond acceptors (Lipinski definition) is 3. The topological polar surface area (TPSA) is 53.6 Å². The Kier molecular flexibility index (Phi) is 2.62. The average Bonchev–Trinajstić information content (AvgIpc) is 2.68. The number of hydrogen-bond donors (Lipinski definition) is 2. The molecule has 2 aliphatic carbocycles. The molecule has 1 heterocycles. The number of aliphatic hydroxyl groups is 2. The van der Waals surface area contributed by atoms with Crippen molar-refractivity contribution in [3.8, 4) is 0 Å². The number of fused-ring (bicyclic) bond motifs is 2.